The standard InChI is InChI=1S/C19H21F2N3O/c20-13-4-5-14(15(21)10-13)19(7-1-2-8-19)24-18(25)12-3-6-16-17(9-12)23-11-22-16/h4-5,10-12H,1-3,6-9H2,(H,22,23)(H,24,25). The first-order valence-electron chi connectivity index (χ1n) is 8.86. The van der Waals surface area contributed by atoms with Gasteiger partial charge in [0.2, 0.25) is 5.91 Å². The number of H-pyrrole nitrogens is 1. The minimum atomic E-state index is -0.719. The zero-order valence-electron chi connectivity index (χ0n) is 13.9. The van der Waals surface area contributed by atoms with Gasteiger partial charge in [0.1, 0.15) is 11.6 Å². The molecule has 25 heavy (non-hydrogen) atoms. The summed E-state index contributed by atoms with van der Waals surface area (Å²) in [5.41, 5.74) is 1.73. The molecule has 1 aromatic heterocycles. The van der Waals surface area contributed by atoms with Crippen LogP contribution in [-0.2, 0) is 23.2 Å². The second kappa shape index (κ2) is 6.24. The lowest BCUT2D eigenvalue weighted by atomic mass is 9.84. The van der Waals surface area contributed by atoms with Crippen LogP contribution in [0.3, 0.4) is 0 Å². The number of nitrogens with zero attached hydrogens (tertiary/aromatic N) is 1. The van der Waals surface area contributed by atoms with Gasteiger partial charge in [-0.3, -0.25) is 4.79 Å². The molecule has 2 N–H and O–H groups in total. The van der Waals surface area contributed by atoms with E-state index in [1.165, 1.54) is 12.1 Å². The van der Waals surface area contributed by atoms with Crippen LogP contribution in [0.5, 0.6) is 0 Å². The van der Waals surface area contributed by atoms with Crippen molar-refractivity contribution in [3.8, 4) is 0 Å². The molecule has 0 radical (unpaired) electrons. The fourth-order valence-electron chi connectivity index (χ4n) is 4.28. The number of aryl methyl sites for hydroxylation is 1. The van der Waals surface area contributed by atoms with Gasteiger partial charge in [-0.05, 0) is 31.7 Å². The molecule has 2 aromatic rings. The van der Waals surface area contributed by atoms with Gasteiger partial charge in [0.15, 0.2) is 0 Å². The maximum atomic E-state index is 14.4. The van der Waals surface area contributed by atoms with E-state index in [1.807, 2.05) is 0 Å². The number of fused-ring (bicyclic) bond motifs is 1. The molecule has 1 aromatic carbocycles. The minimum absolute atomic E-state index is 0.0501. The fraction of sp³-hybridized carbons (Fsp3) is 0.474. The van der Waals surface area contributed by atoms with Crippen LogP contribution in [0.25, 0.3) is 0 Å². The summed E-state index contributed by atoms with van der Waals surface area (Å²) in [7, 11) is 0. The number of benzene rings is 1. The number of hydrogen-bond donors (Lipinski definition) is 2. The Hall–Kier alpha value is -2.24. The first kappa shape index (κ1) is 16.2. The van der Waals surface area contributed by atoms with Gasteiger partial charge in [-0.1, -0.05) is 18.9 Å². The molecule has 1 amide bonds. The van der Waals surface area contributed by atoms with Gasteiger partial charge in [-0.25, -0.2) is 13.8 Å². The number of rotatable bonds is 3. The monoisotopic (exact) mass is 345 g/mol. The van der Waals surface area contributed by atoms with Crippen molar-refractivity contribution in [3.63, 3.8) is 0 Å². The normalized spacial score (nSPS) is 21.8. The Morgan fingerprint density at radius 3 is 2.84 bits per heavy atom. The van der Waals surface area contributed by atoms with Crippen LogP contribution >= 0.6 is 0 Å². The number of carbonyl (C=O) groups excluding carboxylic acids is 1. The summed E-state index contributed by atoms with van der Waals surface area (Å²) in [5.74, 6) is -1.37. The first-order valence-corrected chi connectivity index (χ1v) is 8.86. The molecule has 2 aliphatic carbocycles. The van der Waals surface area contributed by atoms with E-state index in [1.54, 1.807) is 6.33 Å². The summed E-state index contributed by atoms with van der Waals surface area (Å²) in [4.78, 5) is 20.3. The van der Waals surface area contributed by atoms with Crippen molar-refractivity contribution < 1.29 is 13.6 Å². The summed E-state index contributed by atoms with van der Waals surface area (Å²) in [6.07, 6.45) is 7.02. The average molecular weight is 345 g/mol. The number of carbonyl (C=O) groups is 1. The van der Waals surface area contributed by atoms with Gasteiger partial charge in [0.05, 0.1) is 17.6 Å². The average Bonchev–Trinajstić information content (AvgIpc) is 3.23. The summed E-state index contributed by atoms with van der Waals surface area (Å²) >= 11 is 0. The topological polar surface area (TPSA) is 57.8 Å². The summed E-state index contributed by atoms with van der Waals surface area (Å²) in [6.45, 7) is 0. The molecule has 4 nitrogen and oxygen atoms in total. The lowest BCUT2D eigenvalue weighted by Gasteiger charge is -2.33. The molecule has 6 heteroatoms. The molecule has 0 bridgehead atoms. The number of aromatic nitrogens is 2. The highest BCUT2D eigenvalue weighted by molar-refractivity contribution is 5.80. The Bertz CT molecular complexity index is 796. The fourth-order valence-corrected chi connectivity index (χ4v) is 4.28. The van der Waals surface area contributed by atoms with E-state index >= 15 is 0 Å². The molecule has 0 aliphatic heterocycles. The quantitative estimate of drug-likeness (QED) is 0.896. The van der Waals surface area contributed by atoms with E-state index in [0.717, 1.165) is 43.1 Å². The van der Waals surface area contributed by atoms with Crippen molar-refractivity contribution in [3.05, 3.63) is 53.1 Å². The van der Waals surface area contributed by atoms with E-state index in [0.29, 0.717) is 24.8 Å². The number of hydrogen-bond acceptors (Lipinski definition) is 2. The Labute approximate surface area is 145 Å². The van der Waals surface area contributed by atoms with Crippen molar-refractivity contribution in [1.82, 2.24) is 15.3 Å². The van der Waals surface area contributed by atoms with Crippen LogP contribution in [0, 0.1) is 17.6 Å². The predicted molar refractivity (Wildman–Crippen MR) is 88.7 cm³/mol. The van der Waals surface area contributed by atoms with Gasteiger partial charge in [0.25, 0.3) is 0 Å². The zero-order chi connectivity index (χ0) is 17.4. The smallest absolute Gasteiger partial charge is 0.224 e. The third kappa shape index (κ3) is 2.94. The maximum Gasteiger partial charge on any atom is 0.224 e. The molecule has 2 aliphatic rings. The molecule has 1 atom stereocenters. The second-order valence-corrected chi connectivity index (χ2v) is 7.17. The number of halogens is 2. The molecular formula is C19H21F2N3O. The van der Waals surface area contributed by atoms with Crippen LogP contribution in [0.15, 0.2) is 24.5 Å². The number of imidazole rings is 1. The second-order valence-electron chi connectivity index (χ2n) is 7.17. The molecule has 1 heterocycles. The van der Waals surface area contributed by atoms with Crippen molar-refractivity contribution in [2.45, 2.75) is 50.5 Å². The van der Waals surface area contributed by atoms with E-state index in [2.05, 4.69) is 15.3 Å². The van der Waals surface area contributed by atoms with Crippen molar-refractivity contribution in [2.24, 2.45) is 5.92 Å². The van der Waals surface area contributed by atoms with Gasteiger partial charge >= 0.3 is 0 Å². The number of amides is 1. The third-order valence-corrected chi connectivity index (χ3v) is 5.62. The molecule has 1 saturated carbocycles. The van der Waals surface area contributed by atoms with Gasteiger partial charge < -0.3 is 10.3 Å². The van der Waals surface area contributed by atoms with Gasteiger partial charge in [-0.15, -0.1) is 0 Å². The Morgan fingerprint density at radius 1 is 1.28 bits per heavy atom. The zero-order valence-corrected chi connectivity index (χ0v) is 13.9. The largest absolute Gasteiger partial charge is 0.348 e. The Morgan fingerprint density at radius 2 is 2.08 bits per heavy atom. The van der Waals surface area contributed by atoms with Crippen molar-refractivity contribution >= 4 is 5.91 Å². The summed E-state index contributed by atoms with van der Waals surface area (Å²) < 4.78 is 27.7. The van der Waals surface area contributed by atoms with E-state index in [4.69, 9.17) is 0 Å². The molecule has 0 saturated heterocycles. The molecule has 1 unspecified atom stereocenters. The van der Waals surface area contributed by atoms with Crippen molar-refractivity contribution in [1.29, 1.82) is 0 Å². The van der Waals surface area contributed by atoms with Crippen molar-refractivity contribution in [2.75, 3.05) is 0 Å². The third-order valence-electron chi connectivity index (χ3n) is 5.62. The Balaban J connectivity index is 1.57. The van der Waals surface area contributed by atoms with E-state index in [-0.39, 0.29) is 11.8 Å². The SMILES string of the molecule is O=C(NC1(c2ccc(F)cc2F)CCCC1)C1CCc2nc[nH]c2C1. The van der Waals surface area contributed by atoms with Crippen LogP contribution < -0.4 is 5.32 Å². The highest BCUT2D eigenvalue weighted by atomic mass is 19.1. The first-order chi connectivity index (χ1) is 12.1. The molecule has 1 fully saturated rings. The molecular weight excluding hydrogens is 324 g/mol. The maximum absolute atomic E-state index is 14.4. The Kier molecular flexibility index (Phi) is 4.06. The lowest BCUT2D eigenvalue weighted by Crippen LogP contribution is -2.47. The van der Waals surface area contributed by atoms with Gasteiger partial charge in [0, 0.05) is 29.7 Å². The molecule has 132 valence electrons. The molecule has 4 rings (SSSR count). The van der Waals surface area contributed by atoms with Gasteiger partial charge in [-0.2, -0.15) is 0 Å². The molecule has 0 spiro atoms. The highest BCUT2D eigenvalue weighted by Crippen LogP contribution is 2.40. The lowest BCUT2D eigenvalue weighted by molar-refractivity contribution is -0.127. The number of aromatic amines is 1. The summed E-state index contributed by atoms with van der Waals surface area (Å²) in [5, 5.41) is 3.13. The number of nitrogens with one attached hydrogen (secondary N) is 2. The van der Waals surface area contributed by atoms with Crippen LogP contribution in [0.2, 0.25) is 0 Å². The minimum Gasteiger partial charge on any atom is -0.348 e. The predicted octanol–water partition coefficient (Wildman–Crippen LogP) is 3.38. The van der Waals surface area contributed by atoms with E-state index < -0.39 is 17.2 Å². The summed E-state index contributed by atoms with van der Waals surface area (Å²) in [6, 6.07) is 3.64. The van der Waals surface area contributed by atoms with Crippen LogP contribution in [-0.4, -0.2) is 15.9 Å². The highest BCUT2D eigenvalue weighted by Gasteiger charge is 2.40. The van der Waals surface area contributed by atoms with E-state index in [9.17, 15) is 13.6 Å². The van der Waals surface area contributed by atoms with Crippen LogP contribution in [0.4, 0.5) is 8.78 Å². The van der Waals surface area contributed by atoms with Crippen LogP contribution in [0.1, 0.15) is 49.1 Å².